The van der Waals surface area contributed by atoms with Crippen molar-refractivity contribution in [2.75, 3.05) is 6.61 Å². The van der Waals surface area contributed by atoms with E-state index in [9.17, 15) is 13.2 Å². The van der Waals surface area contributed by atoms with E-state index < -0.39 is 35.3 Å². The zero-order valence-electron chi connectivity index (χ0n) is 6.85. The summed E-state index contributed by atoms with van der Waals surface area (Å²) in [6.07, 6.45) is -5.58. The summed E-state index contributed by atoms with van der Waals surface area (Å²) in [5, 5.41) is 26.5. The van der Waals surface area contributed by atoms with Gasteiger partial charge in [-0.2, -0.15) is 8.42 Å². The SMILES string of the molecule is O=C[C@@H](O)[C@H](O)[C@H](O)COS(=O)(=O)O. The standard InChI is InChI=1S/C5H10O8S/c6-1-3(7)5(9)4(8)2-13-14(10,11)12/h1,3-5,7-9H,2H2,(H,10,11,12)/t3-,4-,5+/m1/s1. The number of aldehydes is 1. The number of hydrogen-bond donors (Lipinski definition) is 4. The molecule has 0 radical (unpaired) electrons. The molecule has 0 amide bonds. The highest BCUT2D eigenvalue weighted by molar-refractivity contribution is 7.80. The van der Waals surface area contributed by atoms with Gasteiger partial charge in [-0.15, -0.1) is 0 Å². The van der Waals surface area contributed by atoms with Gasteiger partial charge in [0.1, 0.15) is 18.3 Å². The van der Waals surface area contributed by atoms with Crippen molar-refractivity contribution in [2.45, 2.75) is 18.3 Å². The molecular weight excluding hydrogens is 220 g/mol. The van der Waals surface area contributed by atoms with E-state index in [1.54, 1.807) is 0 Å². The molecule has 0 spiro atoms. The molecule has 0 aliphatic rings. The lowest BCUT2D eigenvalue weighted by Gasteiger charge is -2.18. The number of carbonyl (C=O) groups is 1. The molecule has 0 saturated carbocycles. The fourth-order valence-electron chi connectivity index (χ4n) is 0.562. The fourth-order valence-corrected chi connectivity index (χ4v) is 0.874. The van der Waals surface area contributed by atoms with E-state index >= 15 is 0 Å². The van der Waals surface area contributed by atoms with Gasteiger partial charge in [-0.05, 0) is 0 Å². The van der Waals surface area contributed by atoms with Crippen LogP contribution in [0.1, 0.15) is 0 Å². The summed E-state index contributed by atoms with van der Waals surface area (Å²) in [6.45, 7) is -0.967. The Bertz CT molecular complexity index is 271. The van der Waals surface area contributed by atoms with Crippen molar-refractivity contribution in [1.82, 2.24) is 0 Å². The first-order valence-electron chi connectivity index (χ1n) is 3.39. The lowest BCUT2D eigenvalue weighted by Crippen LogP contribution is -2.41. The van der Waals surface area contributed by atoms with Gasteiger partial charge in [-0.3, -0.25) is 4.55 Å². The van der Waals surface area contributed by atoms with Crippen molar-refractivity contribution in [3.05, 3.63) is 0 Å². The lowest BCUT2D eigenvalue weighted by atomic mass is 10.1. The van der Waals surface area contributed by atoms with Gasteiger partial charge >= 0.3 is 10.4 Å². The maximum atomic E-state index is 10.0. The predicted octanol–water partition coefficient (Wildman–Crippen LogP) is -2.91. The largest absolute Gasteiger partial charge is 0.397 e. The first kappa shape index (κ1) is 13.4. The van der Waals surface area contributed by atoms with Crippen molar-refractivity contribution in [1.29, 1.82) is 0 Å². The van der Waals surface area contributed by atoms with Crippen molar-refractivity contribution in [3.8, 4) is 0 Å². The quantitative estimate of drug-likeness (QED) is 0.281. The molecule has 0 aliphatic carbocycles. The first-order valence-corrected chi connectivity index (χ1v) is 4.75. The molecule has 9 heteroatoms. The average molecular weight is 230 g/mol. The van der Waals surface area contributed by atoms with Gasteiger partial charge in [0.2, 0.25) is 0 Å². The second-order valence-electron chi connectivity index (χ2n) is 2.40. The van der Waals surface area contributed by atoms with Crippen LogP contribution in [-0.2, 0) is 19.4 Å². The molecule has 0 saturated heterocycles. The zero-order chi connectivity index (χ0) is 11.4. The van der Waals surface area contributed by atoms with Crippen LogP contribution in [-0.4, -0.2) is 59.5 Å². The molecule has 0 bridgehead atoms. The number of aliphatic hydroxyl groups excluding tert-OH is 3. The normalized spacial score (nSPS) is 18.6. The average Bonchev–Trinajstić information content (AvgIpc) is 2.10. The molecule has 14 heavy (non-hydrogen) atoms. The van der Waals surface area contributed by atoms with Crippen molar-refractivity contribution in [2.24, 2.45) is 0 Å². The molecule has 0 fully saturated rings. The summed E-state index contributed by atoms with van der Waals surface area (Å²) in [5.41, 5.74) is 0. The minimum atomic E-state index is -4.73. The molecule has 0 aromatic rings. The Kier molecular flexibility index (Phi) is 5.12. The molecule has 0 aliphatic heterocycles. The summed E-state index contributed by atoms with van der Waals surface area (Å²) >= 11 is 0. The Hall–Kier alpha value is -0.580. The highest BCUT2D eigenvalue weighted by atomic mass is 32.3. The third-order valence-corrected chi connectivity index (χ3v) is 1.71. The van der Waals surface area contributed by atoms with Gasteiger partial charge in [-0.25, -0.2) is 4.18 Å². The number of hydrogen-bond acceptors (Lipinski definition) is 7. The van der Waals surface area contributed by atoms with Crippen LogP contribution in [0, 0.1) is 0 Å². The second kappa shape index (κ2) is 5.34. The fraction of sp³-hybridized carbons (Fsp3) is 0.800. The van der Waals surface area contributed by atoms with E-state index in [1.807, 2.05) is 0 Å². The summed E-state index contributed by atoms with van der Waals surface area (Å²) < 4.78 is 31.8. The highest BCUT2D eigenvalue weighted by Crippen LogP contribution is 2.00. The van der Waals surface area contributed by atoms with Gasteiger partial charge in [0.05, 0.1) is 6.61 Å². The predicted molar refractivity (Wildman–Crippen MR) is 41.6 cm³/mol. The van der Waals surface area contributed by atoms with E-state index in [0.29, 0.717) is 0 Å². The van der Waals surface area contributed by atoms with Crippen LogP contribution in [0.15, 0.2) is 0 Å². The van der Waals surface area contributed by atoms with E-state index in [1.165, 1.54) is 0 Å². The Labute approximate surface area is 79.7 Å². The Morgan fingerprint density at radius 3 is 2.14 bits per heavy atom. The molecule has 8 nitrogen and oxygen atoms in total. The van der Waals surface area contributed by atoms with Crippen LogP contribution >= 0.6 is 0 Å². The molecule has 0 rings (SSSR count). The van der Waals surface area contributed by atoms with Gasteiger partial charge < -0.3 is 20.1 Å². The topological polar surface area (TPSA) is 141 Å². The molecule has 84 valence electrons. The van der Waals surface area contributed by atoms with Crippen LogP contribution in [0.5, 0.6) is 0 Å². The van der Waals surface area contributed by atoms with Gasteiger partial charge in [-0.1, -0.05) is 0 Å². The number of rotatable bonds is 6. The third-order valence-electron chi connectivity index (χ3n) is 1.27. The maximum Gasteiger partial charge on any atom is 0.397 e. The molecule has 3 atom stereocenters. The van der Waals surface area contributed by atoms with Crippen LogP contribution < -0.4 is 0 Å². The van der Waals surface area contributed by atoms with Crippen molar-refractivity contribution < 1.29 is 37.3 Å². The summed E-state index contributed by atoms with van der Waals surface area (Å²) in [5.74, 6) is 0. The van der Waals surface area contributed by atoms with Gasteiger partial charge in [0.15, 0.2) is 6.29 Å². The van der Waals surface area contributed by atoms with E-state index in [-0.39, 0.29) is 6.29 Å². The van der Waals surface area contributed by atoms with Crippen LogP contribution in [0.3, 0.4) is 0 Å². The molecule has 4 N–H and O–H groups in total. The van der Waals surface area contributed by atoms with Gasteiger partial charge in [0.25, 0.3) is 0 Å². The minimum Gasteiger partial charge on any atom is -0.388 e. The Morgan fingerprint density at radius 2 is 1.79 bits per heavy atom. The zero-order valence-corrected chi connectivity index (χ0v) is 7.66. The first-order chi connectivity index (χ1) is 6.28. The third kappa shape index (κ3) is 5.21. The summed E-state index contributed by atoms with van der Waals surface area (Å²) in [6, 6.07) is 0. The molecule has 0 aromatic carbocycles. The Morgan fingerprint density at radius 1 is 1.29 bits per heavy atom. The maximum absolute atomic E-state index is 10.0. The Balaban J connectivity index is 4.08. The van der Waals surface area contributed by atoms with Crippen molar-refractivity contribution >= 4 is 16.7 Å². The highest BCUT2D eigenvalue weighted by Gasteiger charge is 2.25. The van der Waals surface area contributed by atoms with E-state index in [4.69, 9.17) is 19.9 Å². The minimum absolute atomic E-state index is 0.0403. The molecule has 0 unspecified atom stereocenters. The second-order valence-corrected chi connectivity index (χ2v) is 3.49. The summed E-state index contributed by atoms with van der Waals surface area (Å²) in [4.78, 5) is 9.92. The van der Waals surface area contributed by atoms with Crippen LogP contribution in [0.2, 0.25) is 0 Å². The monoisotopic (exact) mass is 230 g/mol. The molecule has 0 aromatic heterocycles. The summed E-state index contributed by atoms with van der Waals surface area (Å²) in [7, 11) is -4.73. The smallest absolute Gasteiger partial charge is 0.388 e. The van der Waals surface area contributed by atoms with E-state index in [2.05, 4.69) is 4.18 Å². The molecular formula is C5H10O8S. The lowest BCUT2D eigenvalue weighted by molar-refractivity contribution is -0.127. The number of aliphatic hydroxyl groups is 3. The van der Waals surface area contributed by atoms with Crippen molar-refractivity contribution in [3.63, 3.8) is 0 Å². The number of carbonyl (C=O) groups excluding carboxylic acids is 1. The van der Waals surface area contributed by atoms with Crippen LogP contribution in [0.25, 0.3) is 0 Å². The van der Waals surface area contributed by atoms with Gasteiger partial charge in [0, 0.05) is 0 Å². The van der Waals surface area contributed by atoms with Crippen LogP contribution in [0.4, 0.5) is 0 Å². The molecule has 0 heterocycles. The van der Waals surface area contributed by atoms with E-state index in [0.717, 1.165) is 0 Å².